The number of carbonyl (C=O) groups is 1. The van der Waals surface area contributed by atoms with Crippen LogP contribution in [0.1, 0.15) is 25.0 Å². The first-order valence-electron chi connectivity index (χ1n) is 9.98. The second-order valence-corrected chi connectivity index (χ2v) is 7.62. The molecule has 3 aromatic rings. The van der Waals surface area contributed by atoms with Gasteiger partial charge in [0.2, 0.25) is 0 Å². The van der Waals surface area contributed by atoms with Crippen LogP contribution in [0.25, 0.3) is 11.4 Å². The van der Waals surface area contributed by atoms with Crippen LogP contribution in [0.3, 0.4) is 0 Å². The standard InChI is InChI=1S/C22H25N5O3S/c1-4-27-21(16-11-9-15(3)10-12-16)25-26-22(27)31-14-19(28)24-23-13-17-7-6-8-18(20(17)29)30-5-2/h6-13H,4-5,14H2,1-3H3,(H2,23,24,28,29)/p+1. The van der Waals surface area contributed by atoms with Crippen molar-refractivity contribution in [2.24, 2.45) is 5.10 Å². The summed E-state index contributed by atoms with van der Waals surface area (Å²) in [6, 6.07) is 13.3. The minimum absolute atomic E-state index is 0.0131. The number of nitrogens with one attached hydrogen (secondary N) is 2. The van der Waals surface area contributed by atoms with Gasteiger partial charge in [-0.05, 0) is 56.8 Å². The van der Waals surface area contributed by atoms with Gasteiger partial charge in [-0.25, -0.2) is 9.99 Å². The predicted octanol–water partition coefficient (Wildman–Crippen LogP) is 3.04. The van der Waals surface area contributed by atoms with Crippen LogP contribution in [-0.4, -0.2) is 39.8 Å². The number of aromatic nitrogens is 3. The van der Waals surface area contributed by atoms with Crippen LogP contribution in [0.15, 0.2) is 52.7 Å². The molecule has 1 amide bonds. The highest BCUT2D eigenvalue weighted by molar-refractivity contribution is 7.99. The topological polar surface area (TPSA) is 103 Å². The summed E-state index contributed by atoms with van der Waals surface area (Å²) in [6.07, 6.45) is 1.39. The van der Waals surface area contributed by atoms with E-state index in [1.807, 2.05) is 37.5 Å². The summed E-state index contributed by atoms with van der Waals surface area (Å²) >= 11 is 1.32. The predicted molar refractivity (Wildman–Crippen MR) is 120 cm³/mol. The van der Waals surface area contributed by atoms with Gasteiger partial charge in [-0.2, -0.15) is 5.10 Å². The van der Waals surface area contributed by atoms with Crippen molar-refractivity contribution in [2.75, 3.05) is 12.4 Å². The minimum atomic E-state index is -0.274. The van der Waals surface area contributed by atoms with Gasteiger partial charge in [0.25, 0.3) is 11.7 Å². The molecule has 3 rings (SSSR count). The lowest BCUT2D eigenvalue weighted by Crippen LogP contribution is -2.36. The Balaban J connectivity index is 1.60. The largest absolute Gasteiger partial charge is 0.504 e. The summed E-state index contributed by atoms with van der Waals surface area (Å²) in [5.41, 5.74) is 5.16. The second-order valence-electron chi connectivity index (χ2n) is 6.67. The van der Waals surface area contributed by atoms with E-state index in [4.69, 9.17) is 4.74 Å². The molecule has 31 heavy (non-hydrogen) atoms. The Morgan fingerprint density at radius 1 is 1.29 bits per heavy atom. The summed E-state index contributed by atoms with van der Waals surface area (Å²) in [5.74, 6) is 1.14. The van der Waals surface area contributed by atoms with Crippen molar-refractivity contribution in [3.8, 4) is 22.9 Å². The first kappa shape index (κ1) is 22.4. The molecule has 0 unspecified atom stereocenters. The van der Waals surface area contributed by atoms with Crippen LogP contribution in [-0.2, 0) is 11.3 Å². The number of phenolic OH excluding ortho intramolecular Hbond substituents is 1. The van der Waals surface area contributed by atoms with Gasteiger partial charge >= 0.3 is 5.16 Å². The van der Waals surface area contributed by atoms with Crippen LogP contribution in [0.2, 0.25) is 0 Å². The Kier molecular flexibility index (Phi) is 7.66. The molecule has 0 bridgehead atoms. The summed E-state index contributed by atoms with van der Waals surface area (Å²) < 4.78 is 7.37. The highest BCUT2D eigenvalue weighted by Crippen LogP contribution is 2.28. The van der Waals surface area contributed by atoms with Gasteiger partial charge in [-0.15, -0.1) is 5.10 Å². The number of benzene rings is 2. The van der Waals surface area contributed by atoms with Gasteiger partial charge in [0.1, 0.15) is 0 Å². The number of aromatic amines is 1. The maximum atomic E-state index is 12.2. The number of aryl methyl sites for hydroxylation is 1. The third kappa shape index (κ3) is 5.64. The summed E-state index contributed by atoms with van der Waals surface area (Å²) in [7, 11) is 0. The quantitative estimate of drug-likeness (QED) is 0.205. The van der Waals surface area contributed by atoms with E-state index in [1.165, 1.54) is 23.5 Å². The number of amides is 1. The number of hydrazone groups is 1. The van der Waals surface area contributed by atoms with Crippen LogP contribution in [0, 0.1) is 6.92 Å². The first-order chi connectivity index (χ1) is 15.0. The van der Waals surface area contributed by atoms with Crippen molar-refractivity contribution in [1.29, 1.82) is 0 Å². The average molecular weight is 441 g/mol. The number of H-pyrrole nitrogens is 1. The molecule has 3 N–H and O–H groups in total. The van der Waals surface area contributed by atoms with E-state index in [1.54, 1.807) is 18.2 Å². The molecule has 1 aromatic heterocycles. The Bertz CT molecular complexity index is 1060. The zero-order chi connectivity index (χ0) is 22.2. The average Bonchev–Trinajstić information content (AvgIpc) is 3.18. The molecule has 9 heteroatoms. The van der Waals surface area contributed by atoms with Crippen molar-refractivity contribution in [3.05, 3.63) is 53.6 Å². The molecule has 0 aliphatic carbocycles. The van der Waals surface area contributed by atoms with E-state index < -0.39 is 0 Å². The maximum Gasteiger partial charge on any atom is 0.337 e. The van der Waals surface area contributed by atoms with Gasteiger partial charge in [0.05, 0.1) is 35.8 Å². The second kappa shape index (κ2) is 10.6. The van der Waals surface area contributed by atoms with Crippen molar-refractivity contribution in [1.82, 2.24) is 15.6 Å². The smallest absolute Gasteiger partial charge is 0.337 e. The number of phenols is 1. The lowest BCUT2D eigenvalue weighted by atomic mass is 10.1. The van der Waals surface area contributed by atoms with Crippen molar-refractivity contribution < 1.29 is 19.2 Å². The van der Waals surface area contributed by atoms with E-state index in [2.05, 4.69) is 32.9 Å². The number of rotatable bonds is 9. The van der Waals surface area contributed by atoms with Gasteiger partial charge in [-0.1, -0.05) is 23.8 Å². The minimum Gasteiger partial charge on any atom is -0.504 e. The molecule has 0 atom stereocenters. The van der Waals surface area contributed by atoms with E-state index in [0.29, 0.717) is 17.9 Å². The fraction of sp³-hybridized carbons (Fsp3) is 0.273. The van der Waals surface area contributed by atoms with Crippen molar-refractivity contribution in [3.63, 3.8) is 0 Å². The number of thioether (sulfide) groups is 1. The lowest BCUT2D eigenvalue weighted by molar-refractivity contribution is -0.719. The Morgan fingerprint density at radius 2 is 2.06 bits per heavy atom. The normalized spacial score (nSPS) is 11.1. The van der Waals surface area contributed by atoms with E-state index >= 15 is 0 Å². The van der Waals surface area contributed by atoms with Crippen molar-refractivity contribution >= 4 is 23.9 Å². The fourth-order valence-corrected chi connectivity index (χ4v) is 3.72. The van der Waals surface area contributed by atoms with Crippen LogP contribution in [0.4, 0.5) is 0 Å². The molecule has 2 aromatic carbocycles. The molecular weight excluding hydrogens is 414 g/mol. The summed E-state index contributed by atoms with van der Waals surface area (Å²) in [6.45, 7) is 7.08. The molecular formula is C22H26N5O3S+. The number of nitrogens with zero attached hydrogens (tertiary/aromatic N) is 3. The molecule has 8 nitrogen and oxygen atoms in total. The third-order valence-electron chi connectivity index (χ3n) is 4.45. The SMILES string of the molecule is CCOc1cccc(/C=N/NC(=O)CSc2n[nH]c(-c3ccc(C)cc3)[n+]2CC)c1O. The molecule has 0 aliphatic heterocycles. The third-order valence-corrected chi connectivity index (χ3v) is 5.43. The number of carbonyl (C=O) groups excluding carboxylic acids is 1. The monoisotopic (exact) mass is 440 g/mol. The number of para-hydroxylation sites is 1. The number of ether oxygens (including phenoxy) is 1. The fourth-order valence-electron chi connectivity index (χ4n) is 2.90. The van der Waals surface area contributed by atoms with Gasteiger partial charge in [0, 0.05) is 5.56 Å². The molecule has 0 fully saturated rings. The van der Waals surface area contributed by atoms with Crippen molar-refractivity contribution in [2.45, 2.75) is 32.5 Å². The van der Waals surface area contributed by atoms with E-state index in [9.17, 15) is 9.90 Å². The van der Waals surface area contributed by atoms with Crippen LogP contribution in [0.5, 0.6) is 11.5 Å². The Hall–Kier alpha value is -3.33. The summed E-state index contributed by atoms with van der Waals surface area (Å²) in [4.78, 5) is 12.2. The Labute approximate surface area is 185 Å². The molecule has 0 spiro atoms. The number of hydrogen-bond donors (Lipinski definition) is 3. The summed E-state index contributed by atoms with van der Waals surface area (Å²) in [5, 5.41) is 22.2. The number of aromatic hydroxyl groups is 1. The molecule has 1 heterocycles. The Morgan fingerprint density at radius 3 is 2.77 bits per heavy atom. The van der Waals surface area contributed by atoms with E-state index in [-0.39, 0.29) is 17.4 Å². The highest BCUT2D eigenvalue weighted by atomic mass is 32.2. The molecule has 162 valence electrons. The maximum absolute atomic E-state index is 12.2. The molecule has 0 radical (unpaired) electrons. The lowest BCUT2D eigenvalue weighted by Gasteiger charge is -2.07. The molecule has 0 aliphatic rings. The highest BCUT2D eigenvalue weighted by Gasteiger charge is 2.21. The van der Waals surface area contributed by atoms with Gasteiger partial charge < -0.3 is 9.84 Å². The first-order valence-corrected chi connectivity index (χ1v) is 11.0. The molecule has 0 saturated carbocycles. The zero-order valence-electron chi connectivity index (χ0n) is 17.8. The molecule has 0 saturated heterocycles. The van der Waals surface area contributed by atoms with E-state index in [0.717, 1.165) is 23.1 Å². The van der Waals surface area contributed by atoms with Gasteiger partial charge in [0.15, 0.2) is 11.5 Å². The van der Waals surface area contributed by atoms with Gasteiger partial charge in [-0.3, -0.25) is 4.79 Å². The van der Waals surface area contributed by atoms with Crippen LogP contribution < -0.4 is 14.7 Å². The number of hydrogen-bond acceptors (Lipinski definition) is 6. The zero-order valence-corrected chi connectivity index (χ0v) is 18.6. The van der Waals surface area contributed by atoms with Crippen LogP contribution >= 0.6 is 11.8 Å².